The summed E-state index contributed by atoms with van der Waals surface area (Å²) in [7, 11) is 0. The quantitative estimate of drug-likeness (QED) is 0.476. The van der Waals surface area contributed by atoms with Gasteiger partial charge >= 0.3 is 6.03 Å². The lowest BCUT2D eigenvalue weighted by molar-refractivity contribution is -0.118. The minimum atomic E-state index is -1.18. The topological polar surface area (TPSA) is 127 Å². The van der Waals surface area contributed by atoms with E-state index in [1.54, 1.807) is 42.5 Å². The van der Waals surface area contributed by atoms with Crippen molar-refractivity contribution in [3.63, 3.8) is 0 Å². The van der Waals surface area contributed by atoms with E-state index in [2.05, 4.69) is 15.6 Å². The summed E-state index contributed by atoms with van der Waals surface area (Å²) in [6, 6.07) is 15.7. The maximum absolute atomic E-state index is 13.0. The molecule has 1 heterocycles. The van der Waals surface area contributed by atoms with Gasteiger partial charge < -0.3 is 26.2 Å². The molecule has 0 spiro atoms. The zero-order valence-corrected chi connectivity index (χ0v) is 15.7. The van der Waals surface area contributed by atoms with Gasteiger partial charge in [0.25, 0.3) is 5.91 Å². The third-order valence-electron chi connectivity index (χ3n) is 4.02. The molecule has 0 fully saturated rings. The molecule has 0 saturated carbocycles. The summed E-state index contributed by atoms with van der Waals surface area (Å²) >= 11 is 0. The molecule has 0 saturated heterocycles. The van der Waals surface area contributed by atoms with Crippen molar-refractivity contribution in [3.05, 3.63) is 72.5 Å². The Hall–Kier alpha value is -3.98. The Balaban J connectivity index is 1.70. The van der Waals surface area contributed by atoms with Crippen molar-refractivity contribution in [1.82, 2.24) is 10.3 Å². The van der Waals surface area contributed by atoms with Crippen LogP contribution in [-0.4, -0.2) is 34.7 Å². The normalized spacial score (nSPS) is 11.4. The Bertz CT molecular complexity index is 1030. The summed E-state index contributed by atoms with van der Waals surface area (Å²) in [5.41, 5.74) is 6.34. The first-order chi connectivity index (χ1) is 14.4. The van der Waals surface area contributed by atoms with Crippen molar-refractivity contribution in [2.24, 2.45) is 5.73 Å². The minimum Gasteiger partial charge on any atom is -0.457 e. The maximum atomic E-state index is 13.0. The predicted octanol–water partition coefficient (Wildman–Crippen LogP) is 2.65. The number of amides is 3. The standard InChI is InChI=1S/C21H19FN4O4/c22-14-6-10-16(11-7-14)30-15-8-4-13(5-9-15)17-2-1-3-19(24-17)26-20(28)18(12-27)25-21(23)29/h1-11,18,27H,12H2,(H3,23,25,29)(H,24,26,28). The molecular weight excluding hydrogens is 391 g/mol. The number of carbonyl (C=O) groups excluding carboxylic acids is 2. The third-order valence-corrected chi connectivity index (χ3v) is 4.02. The van der Waals surface area contributed by atoms with Crippen LogP contribution < -0.4 is 21.1 Å². The first-order valence-corrected chi connectivity index (χ1v) is 8.93. The molecule has 1 unspecified atom stereocenters. The highest BCUT2D eigenvalue weighted by Gasteiger charge is 2.19. The van der Waals surface area contributed by atoms with Crippen LogP contribution in [0.2, 0.25) is 0 Å². The molecule has 0 bridgehead atoms. The fourth-order valence-electron chi connectivity index (χ4n) is 2.58. The number of primary amides is 1. The van der Waals surface area contributed by atoms with Crippen molar-refractivity contribution in [1.29, 1.82) is 0 Å². The summed E-state index contributed by atoms with van der Waals surface area (Å²) in [6.45, 7) is -0.607. The molecular formula is C21H19FN4O4. The first kappa shape index (κ1) is 20.7. The smallest absolute Gasteiger partial charge is 0.312 e. The Kier molecular flexibility index (Phi) is 6.56. The molecule has 154 valence electrons. The highest BCUT2D eigenvalue weighted by molar-refractivity contribution is 5.96. The molecule has 9 heteroatoms. The zero-order chi connectivity index (χ0) is 21.5. The molecule has 1 atom stereocenters. The molecule has 0 radical (unpaired) electrons. The molecule has 8 nitrogen and oxygen atoms in total. The second-order valence-electron chi connectivity index (χ2n) is 6.22. The van der Waals surface area contributed by atoms with Gasteiger partial charge in [0.1, 0.15) is 29.2 Å². The molecule has 0 aliphatic heterocycles. The number of nitrogens with zero attached hydrogens (tertiary/aromatic N) is 1. The van der Waals surface area contributed by atoms with E-state index in [0.29, 0.717) is 17.2 Å². The highest BCUT2D eigenvalue weighted by Crippen LogP contribution is 2.25. The number of anilines is 1. The Labute approximate surface area is 171 Å². The van der Waals surface area contributed by atoms with Gasteiger partial charge in [0.2, 0.25) is 0 Å². The monoisotopic (exact) mass is 410 g/mol. The van der Waals surface area contributed by atoms with Crippen LogP contribution in [0, 0.1) is 5.82 Å². The largest absolute Gasteiger partial charge is 0.457 e. The fraction of sp³-hybridized carbons (Fsp3) is 0.0952. The molecule has 5 N–H and O–H groups in total. The van der Waals surface area contributed by atoms with Gasteiger partial charge in [-0.2, -0.15) is 0 Å². The number of ether oxygens (including phenoxy) is 1. The molecule has 0 aliphatic rings. The number of pyridine rings is 1. The molecule has 3 aromatic rings. The number of hydrogen-bond acceptors (Lipinski definition) is 5. The second kappa shape index (κ2) is 9.48. The van der Waals surface area contributed by atoms with E-state index in [0.717, 1.165) is 5.56 Å². The Morgan fingerprint density at radius 3 is 2.27 bits per heavy atom. The maximum Gasteiger partial charge on any atom is 0.312 e. The number of halogens is 1. The second-order valence-corrected chi connectivity index (χ2v) is 6.22. The van der Waals surface area contributed by atoms with Crippen molar-refractivity contribution >= 4 is 17.8 Å². The van der Waals surface area contributed by atoms with E-state index in [-0.39, 0.29) is 11.6 Å². The van der Waals surface area contributed by atoms with Gasteiger partial charge in [0.15, 0.2) is 0 Å². The lowest BCUT2D eigenvalue weighted by Gasteiger charge is -2.14. The van der Waals surface area contributed by atoms with E-state index in [1.807, 2.05) is 0 Å². The number of aromatic nitrogens is 1. The molecule has 3 rings (SSSR count). The van der Waals surface area contributed by atoms with Crippen LogP contribution in [0.15, 0.2) is 66.7 Å². The lowest BCUT2D eigenvalue weighted by Crippen LogP contribution is -2.48. The number of rotatable bonds is 7. The van der Waals surface area contributed by atoms with Crippen LogP contribution in [0.3, 0.4) is 0 Å². The van der Waals surface area contributed by atoms with Crippen LogP contribution in [0.25, 0.3) is 11.3 Å². The summed E-state index contributed by atoms with van der Waals surface area (Å²) in [5.74, 6) is 0.331. The summed E-state index contributed by atoms with van der Waals surface area (Å²) in [4.78, 5) is 27.4. The average Bonchev–Trinajstić information content (AvgIpc) is 2.74. The van der Waals surface area contributed by atoms with Gasteiger partial charge in [-0.25, -0.2) is 14.2 Å². The van der Waals surface area contributed by atoms with E-state index in [1.165, 1.54) is 24.3 Å². The van der Waals surface area contributed by atoms with Gasteiger partial charge in [-0.1, -0.05) is 6.07 Å². The van der Waals surface area contributed by atoms with Crippen LogP contribution >= 0.6 is 0 Å². The van der Waals surface area contributed by atoms with Crippen LogP contribution in [0.5, 0.6) is 11.5 Å². The number of nitrogens with two attached hydrogens (primary N) is 1. The van der Waals surface area contributed by atoms with E-state index >= 15 is 0 Å². The fourth-order valence-corrected chi connectivity index (χ4v) is 2.58. The lowest BCUT2D eigenvalue weighted by atomic mass is 10.1. The average molecular weight is 410 g/mol. The van der Waals surface area contributed by atoms with Crippen molar-refractivity contribution < 1.29 is 23.8 Å². The van der Waals surface area contributed by atoms with Crippen LogP contribution in [0.4, 0.5) is 15.0 Å². The molecule has 0 aliphatic carbocycles. The number of aliphatic hydroxyl groups is 1. The molecule has 1 aromatic heterocycles. The van der Waals surface area contributed by atoms with Crippen LogP contribution in [0.1, 0.15) is 0 Å². The summed E-state index contributed by atoms with van der Waals surface area (Å²) in [6.07, 6.45) is 0. The predicted molar refractivity (Wildman–Crippen MR) is 108 cm³/mol. The Morgan fingerprint density at radius 2 is 1.67 bits per heavy atom. The molecule has 3 amide bonds. The summed E-state index contributed by atoms with van der Waals surface area (Å²) in [5, 5.41) is 13.9. The zero-order valence-electron chi connectivity index (χ0n) is 15.7. The van der Waals surface area contributed by atoms with Crippen molar-refractivity contribution in [2.45, 2.75) is 6.04 Å². The van der Waals surface area contributed by atoms with E-state index in [9.17, 15) is 19.1 Å². The van der Waals surface area contributed by atoms with Gasteiger partial charge in [-0.05, 0) is 60.7 Å². The summed E-state index contributed by atoms with van der Waals surface area (Å²) < 4.78 is 18.6. The minimum absolute atomic E-state index is 0.244. The number of aliphatic hydroxyl groups excluding tert-OH is 1. The van der Waals surface area contributed by atoms with E-state index < -0.39 is 24.6 Å². The van der Waals surface area contributed by atoms with E-state index in [4.69, 9.17) is 10.5 Å². The van der Waals surface area contributed by atoms with Gasteiger partial charge in [0.05, 0.1) is 12.3 Å². The number of urea groups is 1. The van der Waals surface area contributed by atoms with Gasteiger partial charge in [0, 0.05) is 5.56 Å². The molecule has 30 heavy (non-hydrogen) atoms. The van der Waals surface area contributed by atoms with Crippen molar-refractivity contribution in [2.75, 3.05) is 11.9 Å². The SMILES string of the molecule is NC(=O)NC(CO)C(=O)Nc1cccc(-c2ccc(Oc3ccc(F)cc3)cc2)n1. The Morgan fingerprint density at radius 1 is 1.03 bits per heavy atom. The van der Waals surface area contributed by atoms with Gasteiger partial charge in [-0.15, -0.1) is 0 Å². The number of nitrogens with one attached hydrogen (secondary N) is 2. The first-order valence-electron chi connectivity index (χ1n) is 8.93. The van der Waals surface area contributed by atoms with Crippen LogP contribution in [-0.2, 0) is 4.79 Å². The van der Waals surface area contributed by atoms with Gasteiger partial charge in [-0.3, -0.25) is 4.79 Å². The number of hydrogen-bond donors (Lipinski definition) is 4. The number of benzene rings is 2. The highest BCUT2D eigenvalue weighted by atomic mass is 19.1. The molecule has 2 aromatic carbocycles. The third kappa shape index (κ3) is 5.52. The number of carbonyl (C=O) groups is 2. The van der Waals surface area contributed by atoms with Crippen molar-refractivity contribution in [3.8, 4) is 22.8 Å².